The Balaban J connectivity index is 1.71. The zero-order valence-corrected chi connectivity index (χ0v) is 15.5. The Bertz CT molecular complexity index is 837. The third-order valence-electron chi connectivity index (χ3n) is 4.91. The summed E-state index contributed by atoms with van der Waals surface area (Å²) in [5.74, 6) is 0.138. The number of halogens is 1. The smallest absolute Gasteiger partial charge is 0.264 e. The van der Waals surface area contributed by atoms with Crippen molar-refractivity contribution in [3.63, 3.8) is 0 Å². The Hall–Kier alpha value is -2.57. The molecular formula is C22H21ClN2O. The molecule has 0 radical (unpaired) electrons. The van der Waals surface area contributed by atoms with Crippen molar-refractivity contribution < 1.29 is 4.79 Å². The Morgan fingerprint density at radius 1 is 1.23 bits per heavy atom. The molecule has 0 spiro atoms. The Kier molecular flexibility index (Phi) is 5.75. The molecule has 3 rings (SSSR count). The van der Waals surface area contributed by atoms with Crippen LogP contribution in [-0.4, -0.2) is 23.9 Å². The lowest BCUT2D eigenvalue weighted by molar-refractivity contribution is -0.125. The van der Waals surface area contributed by atoms with E-state index < -0.39 is 0 Å². The summed E-state index contributed by atoms with van der Waals surface area (Å²) >= 11 is 5.92. The summed E-state index contributed by atoms with van der Waals surface area (Å²) < 4.78 is 0. The van der Waals surface area contributed by atoms with Gasteiger partial charge in [0.1, 0.15) is 11.6 Å². The molecule has 2 aromatic carbocycles. The average Bonchev–Trinajstić information content (AvgIpc) is 3.17. The predicted molar refractivity (Wildman–Crippen MR) is 104 cm³/mol. The molecule has 2 aromatic rings. The van der Waals surface area contributed by atoms with Gasteiger partial charge in [-0.2, -0.15) is 5.26 Å². The number of nitriles is 1. The third-order valence-corrected chi connectivity index (χ3v) is 5.16. The van der Waals surface area contributed by atoms with Crippen LogP contribution in [0.4, 0.5) is 0 Å². The van der Waals surface area contributed by atoms with Crippen molar-refractivity contribution in [1.29, 1.82) is 5.26 Å². The first-order valence-corrected chi connectivity index (χ1v) is 9.18. The van der Waals surface area contributed by atoms with E-state index in [-0.39, 0.29) is 17.4 Å². The molecule has 1 aliphatic heterocycles. The average molecular weight is 365 g/mol. The zero-order valence-electron chi connectivity index (χ0n) is 14.7. The summed E-state index contributed by atoms with van der Waals surface area (Å²) in [5.41, 5.74) is 2.49. The van der Waals surface area contributed by atoms with E-state index >= 15 is 0 Å². The highest BCUT2D eigenvalue weighted by atomic mass is 35.5. The van der Waals surface area contributed by atoms with E-state index in [0.717, 1.165) is 12.0 Å². The molecule has 0 N–H and O–H groups in total. The highest BCUT2D eigenvalue weighted by Gasteiger charge is 2.29. The lowest BCUT2D eigenvalue weighted by Gasteiger charge is -2.17. The van der Waals surface area contributed by atoms with Gasteiger partial charge in [0.15, 0.2) is 0 Å². The molecule has 1 saturated heterocycles. The monoisotopic (exact) mass is 364 g/mol. The van der Waals surface area contributed by atoms with Gasteiger partial charge in [0.2, 0.25) is 0 Å². The molecule has 4 heteroatoms. The number of allylic oxidation sites excluding steroid dienone is 1. The van der Waals surface area contributed by atoms with Gasteiger partial charge in [0.05, 0.1) is 0 Å². The summed E-state index contributed by atoms with van der Waals surface area (Å²) in [6.45, 7) is 3.33. The van der Waals surface area contributed by atoms with E-state index in [1.807, 2.05) is 49.4 Å². The van der Waals surface area contributed by atoms with Crippen LogP contribution in [0.3, 0.4) is 0 Å². The van der Waals surface area contributed by atoms with Gasteiger partial charge < -0.3 is 4.90 Å². The van der Waals surface area contributed by atoms with Gasteiger partial charge in [-0.05, 0) is 29.7 Å². The number of likely N-dealkylation sites (tertiary alicyclic amines) is 1. The minimum absolute atomic E-state index is 0.0293. The van der Waals surface area contributed by atoms with E-state index in [2.05, 4.69) is 18.2 Å². The van der Waals surface area contributed by atoms with Crippen molar-refractivity contribution in [1.82, 2.24) is 4.90 Å². The van der Waals surface area contributed by atoms with Gasteiger partial charge in [0, 0.05) is 29.9 Å². The Labute approximate surface area is 159 Å². The van der Waals surface area contributed by atoms with Crippen LogP contribution in [0.25, 0.3) is 0 Å². The molecule has 0 aliphatic carbocycles. The molecule has 2 unspecified atom stereocenters. The third kappa shape index (κ3) is 4.15. The molecule has 1 amide bonds. The largest absolute Gasteiger partial charge is 0.337 e. The molecule has 0 aromatic heterocycles. The maximum atomic E-state index is 12.8. The first-order chi connectivity index (χ1) is 12.6. The summed E-state index contributed by atoms with van der Waals surface area (Å²) in [5, 5.41) is 10.2. The topological polar surface area (TPSA) is 44.1 Å². The van der Waals surface area contributed by atoms with Crippen LogP contribution < -0.4 is 0 Å². The Morgan fingerprint density at radius 3 is 2.58 bits per heavy atom. The first-order valence-electron chi connectivity index (χ1n) is 8.80. The van der Waals surface area contributed by atoms with Gasteiger partial charge in [-0.3, -0.25) is 4.79 Å². The van der Waals surface area contributed by atoms with Crippen molar-refractivity contribution in [2.45, 2.75) is 25.2 Å². The van der Waals surface area contributed by atoms with Crippen LogP contribution in [0.2, 0.25) is 5.02 Å². The number of carbonyl (C=O) groups excluding carboxylic acids is 1. The maximum absolute atomic E-state index is 12.8. The highest BCUT2D eigenvalue weighted by molar-refractivity contribution is 6.30. The van der Waals surface area contributed by atoms with Crippen molar-refractivity contribution in [2.75, 3.05) is 13.1 Å². The number of carbonyl (C=O) groups is 1. The second kappa shape index (κ2) is 8.21. The van der Waals surface area contributed by atoms with Crippen LogP contribution in [0, 0.1) is 11.3 Å². The fourth-order valence-corrected chi connectivity index (χ4v) is 3.51. The molecule has 3 nitrogen and oxygen atoms in total. The van der Waals surface area contributed by atoms with Gasteiger partial charge in [0.25, 0.3) is 5.91 Å². The molecule has 26 heavy (non-hydrogen) atoms. The van der Waals surface area contributed by atoms with Crippen molar-refractivity contribution in [3.05, 3.63) is 82.4 Å². The molecular weight excluding hydrogens is 344 g/mol. The molecule has 0 bridgehead atoms. The fraction of sp³-hybridized carbons (Fsp3) is 0.273. The van der Waals surface area contributed by atoms with Crippen LogP contribution in [-0.2, 0) is 4.79 Å². The molecule has 0 saturated carbocycles. The highest BCUT2D eigenvalue weighted by Crippen LogP contribution is 2.28. The van der Waals surface area contributed by atoms with E-state index in [1.54, 1.807) is 11.0 Å². The molecule has 1 aliphatic rings. The van der Waals surface area contributed by atoms with Crippen molar-refractivity contribution in [2.24, 2.45) is 0 Å². The van der Waals surface area contributed by atoms with Gasteiger partial charge in [-0.1, -0.05) is 67.1 Å². The van der Waals surface area contributed by atoms with E-state index in [0.29, 0.717) is 24.0 Å². The number of rotatable bonds is 4. The summed E-state index contributed by atoms with van der Waals surface area (Å²) in [7, 11) is 0. The minimum atomic E-state index is -0.174. The summed E-state index contributed by atoms with van der Waals surface area (Å²) in [6, 6.07) is 19.8. The second-order valence-electron chi connectivity index (χ2n) is 6.68. The molecule has 132 valence electrons. The van der Waals surface area contributed by atoms with E-state index in [4.69, 9.17) is 11.6 Å². The normalized spacial score (nSPS) is 18.4. The fourth-order valence-electron chi connectivity index (χ4n) is 3.38. The van der Waals surface area contributed by atoms with E-state index in [1.165, 1.54) is 5.56 Å². The van der Waals surface area contributed by atoms with Gasteiger partial charge >= 0.3 is 0 Å². The lowest BCUT2D eigenvalue weighted by Crippen LogP contribution is -2.29. The number of hydrogen-bond donors (Lipinski definition) is 0. The Morgan fingerprint density at radius 2 is 1.92 bits per heavy atom. The van der Waals surface area contributed by atoms with Crippen molar-refractivity contribution in [3.8, 4) is 6.07 Å². The predicted octanol–water partition coefficient (Wildman–Crippen LogP) is 4.91. The van der Waals surface area contributed by atoms with Gasteiger partial charge in [-0.25, -0.2) is 0 Å². The van der Waals surface area contributed by atoms with Crippen LogP contribution >= 0.6 is 11.6 Å². The number of amides is 1. The SMILES string of the molecule is CC(/C=C(\C#N)C(=O)N1CCC(c2ccccc2)C1)c1ccc(Cl)cc1. The maximum Gasteiger partial charge on any atom is 0.264 e. The van der Waals surface area contributed by atoms with Crippen LogP contribution in [0.5, 0.6) is 0 Å². The van der Waals surface area contributed by atoms with Crippen molar-refractivity contribution >= 4 is 17.5 Å². The molecule has 2 atom stereocenters. The van der Waals surface area contributed by atoms with Crippen LogP contribution in [0.1, 0.15) is 36.3 Å². The quantitative estimate of drug-likeness (QED) is 0.571. The molecule has 1 heterocycles. The lowest BCUT2D eigenvalue weighted by atomic mass is 9.98. The number of hydrogen-bond acceptors (Lipinski definition) is 2. The zero-order chi connectivity index (χ0) is 18.5. The number of benzene rings is 2. The summed E-state index contributed by atoms with van der Waals surface area (Å²) in [6.07, 6.45) is 2.68. The molecule has 1 fully saturated rings. The number of nitrogens with zero attached hydrogens (tertiary/aromatic N) is 2. The van der Waals surface area contributed by atoms with Crippen LogP contribution in [0.15, 0.2) is 66.2 Å². The first kappa shape index (κ1) is 18.2. The minimum Gasteiger partial charge on any atom is -0.337 e. The van der Waals surface area contributed by atoms with Gasteiger partial charge in [-0.15, -0.1) is 0 Å². The van der Waals surface area contributed by atoms with E-state index in [9.17, 15) is 10.1 Å². The standard InChI is InChI=1S/C22H21ClN2O/c1-16(17-7-9-21(23)10-8-17)13-20(14-24)22(26)25-12-11-19(15-25)18-5-3-2-4-6-18/h2-10,13,16,19H,11-12,15H2,1H3/b20-13+. The second-order valence-corrected chi connectivity index (χ2v) is 7.12. The summed E-state index contributed by atoms with van der Waals surface area (Å²) in [4.78, 5) is 14.6.